The number of aromatic nitrogens is 1. The van der Waals surface area contributed by atoms with Crippen molar-refractivity contribution in [2.45, 2.75) is 6.42 Å². The van der Waals surface area contributed by atoms with Crippen molar-refractivity contribution in [1.29, 1.82) is 0 Å². The van der Waals surface area contributed by atoms with Crippen LogP contribution in [0.5, 0.6) is 0 Å². The molecular formula is C19H22FN4O+. The SMILES string of the molecule is C=C(NC1=CC(=O)NCC1)c1ccnc(-c2cccc(F)c2)c1.C[NH3+]. The first-order valence-corrected chi connectivity index (χ1v) is 7.99. The molecule has 6 heteroatoms. The number of quaternary nitrogens is 1. The molecule has 1 aromatic carbocycles. The summed E-state index contributed by atoms with van der Waals surface area (Å²) in [5.41, 5.74) is 6.95. The Balaban J connectivity index is 0.00000109. The van der Waals surface area contributed by atoms with Gasteiger partial charge in [0.2, 0.25) is 5.91 Å². The highest BCUT2D eigenvalue weighted by atomic mass is 19.1. The molecule has 1 aliphatic rings. The molecule has 0 saturated carbocycles. The first kappa shape index (κ1) is 18.4. The van der Waals surface area contributed by atoms with Gasteiger partial charge in [0.05, 0.1) is 12.7 Å². The fourth-order valence-corrected chi connectivity index (χ4v) is 2.39. The molecule has 0 saturated heterocycles. The van der Waals surface area contributed by atoms with Gasteiger partial charge in [0.15, 0.2) is 0 Å². The van der Waals surface area contributed by atoms with Crippen LogP contribution in [0.15, 0.2) is 60.9 Å². The van der Waals surface area contributed by atoms with E-state index in [1.807, 2.05) is 12.1 Å². The zero-order chi connectivity index (χ0) is 18.2. The number of rotatable bonds is 4. The minimum absolute atomic E-state index is 0.110. The lowest BCUT2D eigenvalue weighted by Crippen LogP contribution is -2.40. The van der Waals surface area contributed by atoms with Crippen LogP contribution in [-0.2, 0) is 4.79 Å². The van der Waals surface area contributed by atoms with Gasteiger partial charge in [-0.15, -0.1) is 0 Å². The van der Waals surface area contributed by atoms with Crippen LogP contribution in [-0.4, -0.2) is 24.5 Å². The van der Waals surface area contributed by atoms with Gasteiger partial charge in [-0.25, -0.2) is 4.39 Å². The van der Waals surface area contributed by atoms with E-state index in [2.05, 4.69) is 27.9 Å². The molecule has 0 spiro atoms. The second kappa shape index (κ2) is 8.75. The van der Waals surface area contributed by atoms with Crippen LogP contribution in [0.25, 0.3) is 17.0 Å². The van der Waals surface area contributed by atoms with E-state index in [1.54, 1.807) is 25.4 Å². The topological polar surface area (TPSA) is 81.7 Å². The van der Waals surface area contributed by atoms with Gasteiger partial charge in [-0.2, -0.15) is 0 Å². The lowest BCUT2D eigenvalue weighted by atomic mass is 10.1. The molecule has 3 rings (SSSR count). The summed E-state index contributed by atoms with van der Waals surface area (Å²) in [6, 6.07) is 9.96. The summed E-state index contributed by atoms with van der Waals surface area (Å²) in [5.74, 6) is -0.410. The van der Waals surface area contributed by atoms with Crippen LogP contribution in [0.2, 0.25) is 0 Å². The average Bonchev–Trinajstić information content (AvgIpc) is 2.63. The van der Waals surface area contributed by atoms with E-state index >= 15 is 0 Å². The zero-order valence-electron chi connectivity index (χ0n) is 14.2. The van der Waals surface area contributed by atoms with Crippen molar-refractivity contribution >= 4 is 11.6 Å². The van der Waals surface area contributed by atoms with E-state index in [9.17, 15) is 9.18 Å². The number of amides is 1. The smallest absolute Gasteiger partial charge is 0.245 e. The van der Waals surface area contributed by atoms with E-state index in [-0.39, 0.29) is 11.7 Å². The number of benzene rings is 1. The highest BCUT2D eigenvalue weighted by Gasteiger charge is 2.10. The van der Waals surface area contributed by atoms with Crippen molar-refractivity contribution < 1.29 is 14.9 Å². The Morgan fingerprint density at radius 1 is 1.32 bits per heavy atom. The summed E-state index contributed by atoms with van der Waals surface area (Å²) in [7, 11) is 1.75. The Hall–Kier alpha value is -2.99. The van der Waals surface area contributed by atoms with Crippen molar-refractivity contribution in [1.82, 2.24) is 15.6 Å². The van der Waals surface area contributed by atoms with Crippen molar-refractivity contribution in [2.75, 3.05) is 13.6 Å². The summed E-state index contributed by atoms with van der Waals surface area (Å²) >= 11 is 0. The van der Waals surface area contributed by atoms with E-state index in [1.165, 1.54) is 18.2 Å². The Morgan fingerprint density at radius 3 is 2.84 bits per heavy atom. The third kappa shape index (κ3) is 4.99. The van der Waals surface area contributed by atoms with Crippen LogP contribution in [0, 0.1) is 5.82 Å². The number of carbonyl (C=O) groups excluding carboxylic acids is 1. The van der Waals surface area contributed by atoms with Crippen LogP contribution in [0.1, 0.15) is 12.0 Å². The standard InChI is InChI=1S/C18H16FN3O.CH5N/c1-12(22-16-6-8-21-18(23)11-16)13-5-7-20-17(10-13)14-3-2-4-15(19)9-14;1-2/h2-5,7,9-11,22H,1,6,8H2,(H,21,23);2H2,1H3/p+1. The summed E-state index contributed by atoms with van der Waals surface area (Å²) in [5, 5.41) is 5.89. The van der Waals surface area contributed by atoms with E-state index in [0.717, 1.165) is 17.7 Å². The van der Waals surface area contributed by atoms with Gasteiger partial charge in [-0.05, 0) is 24.3 Å². The van der Waals surface area contributed by atoms with Crippen molar-refractivity contribution in [3.8, 4) is 11.3 Å². The van der Waals surface area contributed by atoms with Gasteiger partial charge in [0.25, 0.3) is 0 Å². The molecule has 2 heterocycles. The molecule has 0 fully saturated rings. The van der Waals surface area contributed by atoms with Gasteiger partial charge in [-0.3, -0.25) is 9.78 Å². The maximum Gasteiger partial charge on any atom is 0.245 e. The van der Waals surface area contributed by atoms with Gasteiger partial charge in [0, 0.05) is 47.8 Å². The molecule has 5 N–H and O–H groups in total. The minimum Gasteiger partial charge on any atom is -0.360 e. The van der Waals surface area contributed by atoms with Crippen LogP contribution in [0.4, 0.5) is 4.39 Å². The number of carbonyl (C=O) groups is 1. The van der Waals surface area contributed by atoms with Gasteiger partial charge >= 0.3 is 0 Å². The predicted octanol–water partition coefficient (Wildman–Crippen LogP) is 1.71. The molecule has 0 radical (unpaired) electrons. The van der Waals surface area contributed by atoms with Crippen LogP contribution < -0.4 is 16.4 Å². The predicted molar refractivity (Wildman–Crippen MR) is 96.3 cm³/mol. The third-order valence-corrected chi connectivity index (χ3v) is 3.54. The van der Waals surface area contributed by atoms with Gasteiger partial charge in [0.1, 0.15) is 5.82 Å². The molecule has 0 aliphatic carbocycles. The zero-order valence-corrected chi connectivity index (χ0v) is 14.2. The maximum absolute atomic E-state index is 13.4. The lowest BCUT2D eigenvalue weighted by molar-refractivity contribution is -0.325. The molecule has 1 aliphatic heterocycles. The molecule has 2 aromatic rings. The molecule has 25 heavy (non-hydrogen) atoms. The molecular weight excluding hydrogens is 319 g/mol. The summed E-state index contributed by atoms with van der Waals surface area (Å²) in [6.45, 7) is 4.62. The number of nitrogens with one attached hydrogen (secondary N) is 2. The molecule has 1 amide bonds. The molecule has 0 unspecified atom stereocenters. The number of pyridine rings is 1. The number of nitrogens with zero attached hydrogens (tertiary/aromatic N) is 1. The summed E-state index contributed by atoms with van der Waals surface area (Å²) in [4.78, 5) is 15.6. The molecule has 1 aromatic heterocycles. The Kier molecular flexibility index (Phi) is 6.42. The summed E-state index contributed by atoms with van der Waals surface area (Å²) in [6.07, 6.45) is 3.92. The van der Waals surface area contributed by atoms with Crippen LogP contribution >= 0.6 is 0 Å². The first-order chi connectivity index (χ1) is 12.1. The fraction of sp³-hybridized carbons (Fsp3) is 0.158. The van der Waals surface area contributed by atoms with E-state index in [0.29, 0.717) is 23.5 Å². The summed E-state index contributed by atoms with van der Waals surface area (Å²) < 4.78 is 13.4. The van der Waals surface area contributed by atoms with Crippen molar-refractivity contribution in [3.05, 3.63) is 72.3 Å². The lowest BCUT2D eigenvalue weighted by Gasteiger charge is -2.17. The molecule has 130 valence electrons. The quantitative estimate of drug-likeness (QED) is 0.792. The monoisotopic (exact) mass is 341 g/mol. The van der Waals surface area contributed by atoms with Gasteiger partial charge in [-0.1, -0.05) is 18.7 Å². The molecule has 5 nitrogen and oxygen atoms in total. The highest BCUT2D eigenvalue weighted by molar-refractivity contribution is 5.89. The Labute approximate surface area is 146 Å². The number of hydrogen-bond donors (Lipinski definition) is 3. The normalized spacial score (nSPS) is 13.1. The van der Waals surface area contributed by atoms with E-state index in [4.69, 9.17) is 0 Å². The Morgan fingerprint density at radius 2 is 2.12 bits per heavy atom. The minimum atomic E-state index is -0.301. The second-order valence-corrected chi connectivity index (χ2v) is 5.25. The Bertz CT molecular complexity index is 802. The van der Waals surface area contributed by atoms with E-state index < -0.39 is 0 Å². The fourth-order valence-electron chi connectivity index (χ4n) is 2.39. The van der Waals surface area contributed by atoms with Gasteiger partial charge < -0.3 is 16.4 Å². The largest absolute Gasteiger partial charge is 0.360 e. The number of hydrogen-bond acceptors (Lipinski definition) is 3. The van der Waals surface area contributed by atoms with Crippen molar-refractivity contribution in [2.24, 2.45) is 0 Å². The first-order valence-electron chi connectivity index (χ1n) is 7.99. The second-order valence-electron chi connectivity index (χ2n) is 5.25. The molecule has 0 atom stereocenters. The number of halogens is 1. The van der Waals surface area contributed by atoms with Crippen molar-refractivity contribution in [3.63, 3.8) is 0 Å². The third-order valence-electron chi connectivity index (χ3n) is 3.54. The average molecular weight is 341 g/mol. The van der Waals surface area contributed by atoms with Crippen LogP contribution in [0.3, 0.4) is 0 Å². The molecule has 0 bridgehead atoms. The highest BCUT2D eigenvalue weighted by Crippen LogP contribution is 2.21. The maximum atomic E-state index is 13.4.